The summed E-state index contributed by atoms with van der Waals surface area (Å²) in [5.74, 6) is 0. The first-order valence-electron chi connectivity index (χ1n) is 8.35. The number of nitrogens with zero attached hydrogens (tertiary/aromatic N) is 2. The Bertz CT molecular complexity index is 1260. The number of pyridine rings is 2. The van der Waals surface area contributed by atoms with Gasteiger partial charge in [-0.3, -0.25) is 4.98 Å². The molecule has 3 nitrogen and oxygen atoms in total. The molecule has 3 heterocycles. The maximum atomic E-state index is 6.17. The Kier molecular flexibility index (Phi) is 2.92. The van der Waals surface area contributed by atoms with Crippen molar-refractivity contribution in [3.05, 3.63) is 72.1 Å². The van der Waals surface area contributed by atoms with Gasteiger partial charge in [0.25, 0.3) is 0 Å². The van der Waals surface area contributed by atoms with Gasteiger partial charge >= 0.3 is 0 Å². The Morgan fingerprint density at radius 1 is 0.840 bits per heavy atom. The van der Waals surface area contributed by atoms with E-state index in [9.17, 15) is 0 Å². The third-order valence-corrected chi connectivity index (χ3v) is 4.65. The van der Waals surface area contributed by atoms with Crippen molar-refractivity contribution in [1.82, 2.24) is 9.97 Å². The minimum absolute atomic E-state index is 0.682. The van der Waals surface area contributed by atoms with Gasteiger partial charge in [0, 0.05) is 33.6 Å². The molecular weight excluding hydrogens is 308 g/mol. The average Bonchev–Trinajstić information content (AvgIpc) is 2.98. The number of rotatable bonds is 1. The molecule has 0 saturated carbocycles. The van der Waals surface area contributed by atoms with Crippen LogP contribution in [0.1, 0.15) is 11.3 Å². The number of aryl methyl sites for hydroxylation is 2. The molecule has 0 bridgehead atoms. The van der Waals surface area contributed by atoms with Crippen LogP contribution in [-0.4, -0.2) is 9.97 Å². The van der Waals surface area contributed by atoms with E-state index in [-0.39, 0.29) is 0 Å². The summed E-state index contributed by atoms with van der Waals surface area (Å²) in [5, 5.41) is 4.44. The van der Waals surface area contributed by atoms with Crippen molar-refractivity contribution in [3.63, 3.8) is 0 Å². The maximum Gasteiger partial charge on any atom is 0.227 e. The lowest BCUT2D eigenvalue weighted by Gasteiger charge is -2.07. The highest BCUT2D eigenvalue weighted by molar-refractivity contribution is 6.11. The van der Waals surface area contributed by atoms with Crippen molar-refractivity contribution in [2.75, 3.05) is 0 Å². The highest BCUT2D eigenvalue weighted by atomic mass is 16.3. The monoisotopic (exact) mass is 324 g/mol. The molecule has 25 heavy (non-hydrogen) atoms. The number of fused-ring (bicyclic) bond motifs is 4. The van der Waals surface area contributed by atoms with Crippen LogP contribution >= 0.6 is 0 Å². The van der Waals surface area contributed by atoms with Gasteiger partial charge in [0.2, 0.25) is 5.71 Å². The van der Waals surface area contributed by atoms with Crippen LogP contribution in [-0.2, 0) is 0 Å². The summed E-state index contributed by atoms with van der Waals surface area (Å²) in [6, 6.07) is 18.8. The van der Waals surface area contributed by atoms with Gasteiger partial charge in [-0.15, -0.1) is 0 Å². The van der Waals surface area contributed by atoms with Crippen molar-refractivity contribution in [3.8, 4) is 11.3 Å². The summed E-state index contributed by atoms with van der Waals surface area (Å²) in [6.07, 6.45) is 1.86. The fourth-order valence-electron chi connectivity index (χ4n) is 3.51. The summed E-state index contributed by atoms with van der Waals surface area (Å²) < 4.78 is 6.17. The predicted molar refractivity (Wildman–Crippen MR) is 102 cm³/mol. The van der Waals surface area contributed by atoms with Crippen molar-refractivity contribution in [2.45, 2.75) is 13.8 Å². The zero-order valence-corrected chi connectivity index (χ0v) is 14.1. The van der Waals surface area contributed by atoms with Crippen molar-refractivity contribution in [2.24, 2.45) is 0 Å². The first-order chi connectivity index (χ1) is 12.2. The van der Waals surface area contributed by atoms with E-state index in [0.717, 1.165) is 38.7 Å². The standard InChI is InChI=1S/C22H16N2O/c1-13-11-18-17-8-7-14(2)24-22(17)25-21(18)19(12-13)20-16-6-4-3-5-15(16)9-10-23-20/h3-12H,1-2H3. The zero-order chi connectivity index (χ0) is 17.0. The smallest absolute Gasteiger partial charge is 0.227 e. The van der Waals surface area contributed by atoms with E-state index in [1.165, 1.54) is 10.9 Å². The van der Waals surface area contributed by atoms with E-state index in [1.807, 2.05) is 37.4 Å². The minimum Gasteiger partial charge on any atom is -0.437 e. The molecule has 0 aliphatic heterocycles. The Balaban J connectivity index is 1.94. The SMILES string of the molecule is Cc1cc(-c2nccc3ccccc23)c2oc3nc(C)ccc3c2c1. The number of benzene rings is 2. The van der Waals surface area contributed by atoms with Gasteiger partial charge in [-0.25, -0.2) is 4.98 Å². The summed E-state index contributed by atoms with van der Waals surface area (Å²) in [7, 11) is 0. The Morgan fingerprint density at radius 3 is 2.64 bits per heavy atom. The quantitative estimate of drug-likeness (QED) is 0.390. The minimum atomic E-state index is 0.682. The number of hydrogen-bond donors (Lipinski definition) is 0. The van der Waals surface area contributed by atoms with Gasteiger partial charge in [0.15, 0.2) is 0 Å². The van der Waals surface area contributed by atoms with E-state index in [2.05, 4.69) is 47.2 Å². The van der Waals surface area contributed by atoms with Crippen LogP contribution in [0.5, 0.6) is 0 Å². The largest absolute Gasteiger partial charge is 0.437 e. The molecular formula is C22H16N2O. The van der Waals surface area contributed by atoms with Crippen molar-refractivity contribution < 1.29 is 4.42 Å². The molecule has 3 aromatic heterocycles. The second-order valence-corrected chi connectivity index (χ2v) is 6.48. The maximum absolute atomic E-state index is 6.17. The molecule has 0 aliphatic rings. The van der Waals surface area contributed by atoms with E-state index in [4.69, 9.17) is 4.42 Å². The lowest BCUT2D eigenvalue weighted by atomic mass is 9.99. The Hall–Kier alpha value is -3.20. The molecule has 0 atom stereocenters. The topological polar surface area (TPSA) is 38.9 Å². The van der Waals surface area contributed by atoms with Crippen molar-refractivity contribution in [1.29, 1.82) is 0 Å². The molecule has 0 spiro atoms. The molecule has 120 valence electrons. The average molecular weight is 324 g/mol. The molecule has 0 saturated heterocycles. The van der Waals surface area contributed by atoms with Crippen LogP contribution in [0, 0.1) is 13.8 Å². The van der Waals surface area contributed by atoms with E-state index in [1.54, 1.807) is 0 Å². The molecule has 5 rings (SSSR count). The molecule has 0 radical (unpaired) electrons. The first kappa shape index (κ1) is 14.2. The molecule has 2 aromatic carbocycles. The second kappa shape index (κ2) is 5.15. The molecule has 0 aliphatic carbocycles. The summed E-state index contributed by atoms with van der Waals surface area (Å²) >= 11 is 0. The summed E-state index contributed by atoms with van der Waals surface area (Å²) in [6.45, 7) is 4.08. The van der Waals surface area contributed by atoms with Crippen LogP contribution in [0.2, 0.25) is 0 Å². The molecule has 3 heteroatoms. The van der Waals surface area contributed by atoms with Gasteiger partial charge in [-0.05, 0) is 55.1 Å². The lowest BCUT2D eigenvalue weighted by molar-refractivity contribution is 0.653. The number of furan rings is 1. The van der Waals surface area contributed by atoms with E-state index < -0.39 is 0 Å². The van der Waals surface area contributed by atoms with Crippen LogP contribution in [0.4, 0.5) is 0 Å². The molecule has 0 amide bonds. The third kappa shape index (κ3) is 2.13. The Morgan fingerprint density at radius 2 is 1.72 bits per heavy atom. The Labute approximate surface area is 144 Å². The van der Waals surface area contributed by atoms with Crippen molar-refractivity contribution >= 4 is 32.8 Å². The van der Waals surface area contributed by atoms with Gasteiger partial charge in [-0.2, -0.15) is 0 Å². The molecule has 5 aromatic rings. The highest BCUT2D eigenvalue weighted by Crippen LogP contribution is 2.37. The number of aromatic nitrogens is 2. The van der Waals surface area contributed by atoms with Gasteiger partial charge in [0.1, 0.15) is 5.58 Å². The highest BCUT2D eigenvalue weighted by Gasteiger charge is 2.16. The van der Waals surface area contributed by atoms with Crippen LogP contribution in [0.3, 0.4) is 0 Å². The van der Waals surface area contributed by atoms with Crippen LogP contribution in [0.15, 0.2) is 65.2 Å². The second-order valence-electron chi connectivity index (χ2n) is 6.48. The first-order valence-corrected chi connectivity index (χ1v) is 8.35. The third-order valence-electron chi connectivity index (χ3n) is 4.65. The zero-order valence-electron chi connectivity index (χ0n) is 14.1. The summed E-state index contributed by atoms with van der Waals surface area (Å²) in [4.78, 5) is 9.23. The van der Waals surface area contributed by atoms with Crippen LogP contribution in [0.25, 0.3) is 44.1 Å². The van der Waals surface area contributed by atoms with Crippen LogP contribution < -0.4 is 0 Å². The normalized spacial score (nSPS) is 11.6. The molecule has 0 N–H and O–H groups in total. The number of hydrogen-bond acceptors (Lipinski definition) is 3. The predicted octanol–water partition coefficient (Wildman–Crippen LogP) is 5.81. The summed E-state index contributed by atoms with van der Waals surface area (Å²) in [5.41, 5.74) is 5.63. The molecule has 0 fully saturated rings. The van der Waals surface area contributed by atoms with Gasteiger partial charge in [-0.1, -0.05) is 24.3 Å². The van der Waals surface area contributed by atoms with Gasteiger partial charge < -0.3 is 4.42 Å². The van der Waals surface area contributed by atoms with E-state index >= 15 is 0 Å². The van der Waals surface area contributed by atoms with E-state index in [0.29, 0.717) is 5.71 Å². The van der Waals surface area contributed by atoms with Gasteiger partial charge in [0.05, 0.1) is 5.69 Å². The fraction of sp³-hybridized carbons (Fsp3) is 0.0909. The lowest BCUT2D eigenvalue weighted by Crippen LogP contribution is -1.87. The fourth-order valence-corrected chi connectivity index (χ4v) is 3.51. The molecule has 0 unspecified atom stereocenters.